The summed E-state index contributed by atoms with van der Waals surface area (Å²) in [7, 11) is 1.67. The number of hydrogen-bond donors (Lipinski definition) is 1. The van der Waals surface area contributed by atoms with E-state index in [1.165, 1.54) is 0 Å². The molecule has 1 N–H and O–H groups in total. The molecule has 1 aliphatic rings. The van der Waals surface area contributed by atoms with Crippen LogP contribution >= 0.6 is 0 Å². The second-order valence-corrected chi connectivity index (χ2v) is 3.88. The highest BCUT2D eigenvalue weighted by molar-refractivity contribution is 5.28. The standard InChI is InChI=1S/C12H17NO2/c1-9-7-8-15-12(13-9)10-3-5-11(14-2)6-4-10/h3-6,9,12-13H,7-8H2,1-2H3/t9-,12-/m0/s1. The van der Waals surface area contributed by atoms with Crippen molar-refractivity contribution in [2.24, 2.45) is 0 Å². The molecule has 0 unspecified atom stereocenters. The van der Waals surface area contributed by atoms with Crippen LogP contribution in [0.15, 0.2) is 24.3 Å². The summed E-state index contributed by atoms with van der Waals surface area (Å²) in [5.74, 6) is 0.877. The zero-order valence-corrected chi connectivity index (χ0v) is 9.19. The average Bonchev–Trinajstić information content (AvgIpc) is 2.29. The summed E-state index contributed by atoms with van der Waals surface area (Å²) in [5.41, 5.74) is 1.15. The molecule has 0 amide bonds. The van der Waals surface area contributed by atoms with Crippen LogP contribution in [0.4, 0.5) is 0 Å². The first kappa shape index (κ1) is 10.5. The minimum atomic E-state index is 0.0275. The number of benzene rings is 1. The van der Waals surface area contributed by atoms with Gasteiger partial charge in [0.25, 0.3) is 0 Å². The number of nitrogens with one attached hydrogen (secondary N) is 1. The van der Waals surface area contributed by atoms with Crippen LogP contribution in [0.2, 0.25) is 0 Å². The molecule has 0 aromatic heterocycles. The largest absolute Gasteiger partial charge is 0.497 e. The van der Waals surface area contributed by atoms with Gasteiger partial charge in [-0.3, -0.25) is 5.32 Å². The monoisotopic (exact) mass is 207 g/mol. The Kier molecular flexibility index (Phi) is 3.23. The first-order chi connectivity index (χ1) is 7.29. The fourth-order valence-electron chi connectivity index (χ4n) is 1.72. The van der Waals surface area contributed by atoms with Gasteiger partial charge in [0.1, 0.15) is 12.0 Å². The van der Waals surface area contributed by atoms with E-state index >= 15 is 0 Å². The van der Waals surface area contributed by atoms with E-state index in [4.69, 9.17) is 9.47 Å². The van der Waals surface area contributed by atoms with Crippen molar-refractivity contribution in [3.63, 3.8) is 0 Å². The molecular weight excluding hydrogens is 190 g/mol. The van der Waals surface area contributed by atoms with Crippen LogP contribution in [-0.4, -0.2) is 19.8 Å². The first-order valence-electron chi connectivity index (χ1n) is 5.31. The highest BCUT2D eigenvalue weighted by Gasteiger charge is 2.19. The lowest BCUT2D eigenvalue weighted by atomic mass is 10.1. The zero-order chi connectivity index (χ0) is 10.7. The van der Waals surface area contributed by atoms with Gasteiger partial charge in [-0.2, -0.15) is 0 Å². The molecule has 1 saturated heterocycles. The molecule has 0 aliphatic carbocycles. The summed E-state index contributed by atoms with van der Waals surface area (Å²) in [6.07, 6.45) is 1.10. The van der Waals surface area contributed by atoms with E-state index in [1.54, 1.807) is 7.11 Å². The molecule has 1 aromatic rings. The minimum absolute atomic E-state index is 0.0275. The Morgan fingerprint density at radius 2 is 2.07 bits per heavy atom. The topological polar surface area (TPSA) is 30.5 Å². The molecule has 0 spiro atoms. The average molecular weight is 207 g/mol. The number of methoxy groups -OCH3 is 1. The lowest BCUT2D eigenvalue weighted by Crippen LogP contribution is -2.38. The van der Waals surface area contributed by atoms with Gasteiger partial charge in [-0.05, 0) is 31.0 Å². The van der Waals surface area contributed by atoms with Crippen molar-refractivity contribution in [3.05, 3.63) is 29.8 Å². The Morgan fingerprint density at radius 3 is 2.67 bits per heavy atom. The molecule has 1 fully saturated rings. The maximum absolute atomic E-state index is 5.66. The third-order valence-corrected chi connectivity index (χ3v) is 2.69. The Labute approximate surface area is 90.4 Å². The Balaban J connectivity index is 2.07. The van der Waals surface area contributed by atoms with Crippen molar-refractivity contribution >= 4 is 0 Å². The summed E-state index contributed by atoms with van der Waals surface area (Å²) in [6, 6.07) is 8.51. The molecule has 2 rings (SSSR count). The molecule has 3 nitrogen and oxygen atoms in total. The predicted molar refractivity (Wildman–Crippen MR) is 58.9 cm³/mol. The molecule has 15 heavy (non-hydrogen) atoms. The molecule has 1 aliphatic heterocycles. The van der Waals surface area contributed by atoms with Crippen LogP contribution in [0, 0.1) is 0 Å². The van der Waals surface area contributed by atoms with E-state index in [-0.39, 0.29) is 6.23 Å². The fraction of sp³-hybridized carbons (Fsp3) is 0.500. The minimum Gasteiger partial charge on any atom is -0.497 e. The quantitative estimate of drug-likeness (QED) is 0.805. The first-order valence-corrected chi connectivity index (χ1v) is 5.31. The zero-order valence-electron chi connectivity index (χ0n) is 9.19. The highest BCUT2D eigenvalue weighted by Crippen LogP contribution is 2.22. The second kappa shape index (κ2) is 4.64. The summed E-state index contributed by atoms with van der Waals surface area (Å²) in [6.45, 7) is 3.00. The van der Waals surface area contributed by atoms with Crippen LogP contribution in [0.25, 0.3) is 0 Å². The van der Waals surface area contributed by atoms with E-state index in [1.807, 2.05) is 24.3 Å². The normalized spacial score (nSPS) is 26.3. The van der Waals surface area contributed by atoms with Crippen LogP contribution in [0.5, 0.6) is 5.75 Å². The van der Waals surface area contributed by atoms with Crippen LogP contribution in [-0.2, 0) is 4.74 Å². The smallest absolute Gasteiger partial charge is 0.134 e. The number of rotatable bonds is 2. The van der Waals surface area contributed by atoms with E-state index in [0.717, 1.165) is 24.3 Å². The Hall–Kier alpha value is -1.06. The third kappa shape index (κ3) is 2.49. The highest BCUT2D eigenvalue weighted by atomic mass is 16.5. The summed E-state index contributed by atoms with van der Waals surface area (Å²) in [5, 5.41) is 3.41. The maximum Gasteiger partial charge on any atom is 0.134 e. The van der Waals surface area contributed by atoms with Gasteiger partial charge >= 0.3 is 0 Å². The van der Waals surface area contributed by atoms with Crippen molar-refractivity contribution in [2.75, 3.05) is 13.7 Å². The third-order valence-electron chi connectivity index (χ3n) is 2.69. The molecule has 1 heterocycles. The van der Waals surface area contributed by atoms with E-state index in [0.29, 0.717) is 6.04 Å². The van der Waals surface area contributed by atoms with E-state index in [9.17, 15) is 0 Å². The van der Waals surface area contributed by atoms with Crippen molar-refractivity contribution < 1.29 is 9.47 Å². The SMILES string of the molecule is COc1ccc([C@H]2N[C@@H](C)CCO2)cc1. The molecule has 0 bridgehead atoms. The van der Waals surface area contributed by atoms with Gasteiger partial charge in [-0.1, -0.05) is 12.1 Å². The van der Waals surface area contributed by atoms with E-state index in [2.05, 4.69) is 12.2 Å². The molecule has 1 aromatic carbocycles. The Bertz CT molecular complexity index is 310. The lowest BCUT2D eigenvalue weighted by molar-refractivity contribution is -0.0167. The van der Waals surface area contributed by atoms with Crippen molar-refractivity contribution in [2.45, 2.75) is 25.6 Å². The summed E-state index contributed by atoms with van der Waals surface area (Å²) < 4.78 is 10.8. The predicted octanol–water partition coefficient (Wildman–Crippen LogP) is 2.09. The van der Waals surface area contributed by atoms with Crippen LogP contribution in [0.3, 0.4) is 0 Å². The molecule has 2 atom stereocenters. The summed E-state index contributed by atoms with van der Waals surface area (Å²) in [4.78, 5) is 0. The van der Waals surface area contributed by atoms with E-state index < -0.39 is 0 Å². The number of ether oxygens (including phenoxy) is 2. The summed E-state index contributed by atoms with van der Waals surface area (Å²) >= 11 is 0. The lowest BCUT2D eigenvalue weighted by Gasteiger charge is -2.29. The van der Waals surface area contributed by atoms with Gasteiger partial charge in [-0.15, -0.1) is 0 Å². The number of hydrogen-bond acceptors (Lipinski definition) is 3. The van der Waals surface area contributed by atoms with Gasteiger partial charge in [0.15, 0.2) is 0 Å². The van der Waals surface area contributed by atoms with Gasteiger partial charge in [-0.25, -0.2) is 0 Å². The van der Waals surface area contributed by atoms with Gasteiger partial charge in [0.05, 0.1) is 13.7 Å². The second-order valence-electron chi connectivity index (χ2n) is 3.88. The molecule has 82 valence electrons. The molecule has 3 heteroatoms. The molecule has 0 radical (unpaired) electrons. The van der Waals surface area contributed by atoms with Gasteiger partial charge in [0, 0.05) is 6.04 Å². The van der Waals surface area contributed by atoms with Crippen molar-refractivity contribution in [1.82, 2.24) is 5.32 Å². The van der Waals surface area contributed by atoms with Crippen LogP contribution in [0.1, 0.15) is 25.1 Å². The molecular formula is C12H17NO2. The van der Waals surface area contributed by atoms with Crippen molar-refractivity contribution in [3.8, 4) is 5.75 Å². The maximum atomic E-state index is 5.66. The fourth-order valence-corrected chi connectivity index (χ4v) is 1.72. The Morgan fingerprint density at radius 1 is 1.33 bits per heavy atom. The van der Waals surface area contributed by atoms with Gasteiger partial charge in [0.2, 0.25) is 0 Å². The van der Waals surface area contributed by atoms with Crippen LogP contribution < -0.4 is 10.1 Å². The molecule has 0 saturated carbocycles. The van der Waals surface area contributed by atoms with Gasteiger partial charge < -0.3 is 9.47 Å². The van der Waals surface area contributed by atoms with Crippen molar-refractivity contribution in [1.29, 1.82) is 0 Å².